The number of fused-ring (bicyclic) bond motifs is 3. The first-order valence-corrected chi connectivity index (χ1v) is 9.23. The fraction of sp³-hybridized carbons (Fsp3) is 0.130. The van der Waals surface area contributed by atoms with Gasteiger partial charge in [0.1, 0.15) is 6.04 Å². The summed E-state index contributed by atoms with van der Waals surface area (Å²) in [7, 11) is 0. The molecule has 0 saturated heterocycles. The number of alkyl halides is 3. The maximum absolute atomic E-state index is 13.3. The second kappa shape index (κ2) is 7.33. The van der Waals surface area contributed by atoms with E-state index in [9.17, 15) is 22.8 Å². The second-order valence-electron chi connectivity index (χ2n) is 7.05. The summed E-state index contributed by atoms with van der Waals surface area (Å²) in [5.74, 6) is -2.44. The molecule has 0 heterocycles. The van der Waals surface area contributed by atoms with Crippen molar-refractivity contribution in [2.75, 3.05) is 0 Å². The van der Waals surface area contributed by atoms with Crippen LogP contribution < -0.4 is 11.1 Å². The Morgan fingerprint density at radius 2 is 1.33 bits per heavy atom. The van der Waals surface area contributed by atoms with Gasteiger partial charge >= 0.3 is 6.18 Å². The Kier molecular flexibility index (Phi) is 4.81. The van der Waals surface area contributed by atoms with Crippen LogP contribution in [0.2, 0.25) is 0 Å². The van der Waals surface area contributed by atoms with E-state index < -0.39 is 41.1 Å². The molecule has 0 aliphatic heterocycles. The molecule has 0 bridgehead atoms. The van der Waals surface area contributed by atoms with Crippen LogP contribution in [0.4, 0.5) is 13.2 Å². The quantitative estimate of drug-likeness (QED) is 0.680. The van der Waals surface area contributed by atoms with Crippen molar-refractivity contribution in [2.45, 2.75) is 18.1 Å². The maximum Gasteiger partial charge on any atom is 0.417 e. The minimum atomic E-state index is -4.71. The third kappa shape index (κ3) is 3.32. The van der Waals surface area contributed by atoms with Crippen molar-refractivity contribution < 1.29 is 22.8 Å². The molecule has 0 unspecified atom stereocenters. The van der Waals surface area contributed by atoms with Gasteiger partial charge in [-0.2, -0.15) is 13.2 Å². The highest BCUT2D eigenvalue weighted by molar-refractivity contribution is 5.99. The molecule has 0 aromatic heterocycles. The molecule has 1 aliphatic carbocycles. The molecule has 7 heteroatoms. The third-order valence-electron chi connectivity index (χ3n) is 5.29. The highest BCUT2D eigenvalue weighted by Gasteiger charge is 2.40. The van der Waals surface area contributed by atoms with Crippen molar-refractivity contribution in [1.82, 2.24) is 5.32 Å². The van der Waals surface area contributed by atoms with Crippen molar-refractivity contribution in [1.29, 1.82) is 0 Å². The lowest BCUT2D eigenvalue weighted by Crippen LogP contribution is -2.48. The van der Waals surface area contributed by atoms with Crippen LogP contribution in [-0.2, 0) is 11.0 Å². The summed E-state index contributed by atoms with van der Waals surface area (Å²) >= 11 is 0. The van der Waals surface area contributed by atoms with E-state index in [0.29, 0.717) is 0 Å². The van der Waals surface area contributed by atoms with E-state index in [0.717, 1.165) is 34.4 Å². The zero-order valence-corrected chi connectivity index (χ0v) is 15.6. The van der Waals surface area contributed by atoms with Crippen molar-refractivity contribution in [3.63, 3.8) is 0 Å². The average Bonchev–Trinajstić information content (AvgIpc) is 3.05. The molecule has 4 rings (SSSR count). The third-order valence-corrected chi connectivity index (χ3v) is 5.29. The van der Waals surface area contributed by atoms with Crippen LogP contribution in [0, 0.1) is 0 Å². The lowest BCUT2D eigenvalue weighted by atomic mass is 9.88. The molecule has 1 aliphatic rings. The highest BCUT2D eigenvalue weighted by atomic mass is 19.4. The van der Waals surface area contributed by atoms with Gasteiger partial charge in [0.25, 0.3) is 5.91 Å². The summed E-state index contributed by atoms with van der Waals surface area (Å²) in [5.41, 5.74) is 7.34. The van der Waals surface area contributed by atoms with E-state index in [-0.39, 0.29) is 0 Å². The monoisotopic (exact) mass is 410 g/mol. The summed E-state index contributed by atoms with van der Waals surface area (Å²) in [4.78, 5) is 25.1. The molecule has 3 N–H and O–H groups in total. The Balaban J connectivity index is 1.75. The summed E-state index contributed by atoms with van der Waals surface area (Å²) in [6.45, 7) is 0. The molecule has 2 amide bonds. The summed E-state index contributed by atoms with van der Waals surface area (Å²) in [6, 6.07) is 18.0. The number of primary amides is 1. The van der Waals surface area contributed by atoms with Crippen LogP contribution in [0.15, 0.2) is 72.8 Å². The zero-order chi connectivity index (χ0) is 21.5. The van der Waals surface area contributed by atoms with Crippen LogP contribution in [0.5, 0.6) is 0 Å². The average molecular weight is 410 g/mol. The molecule has 0 radical (unpaired) electrons. The predicted molar refractivity (Wildman–Crippen MR) is 106 cm³/mol. The van der Waals surface area contributed by atoms with Gasteiger partial charge < -0.3 is 11.1 Å². The molecule has 3 aromatic rings. The number of hydrogen-bond acceptors (Lipinski definition) is 2. The van der Waals surface area contributed by atoms with Gasteiger partial charge in [-0.15, -0.1) is 0 Å². The fourth-order valence-corrected chi connectivity index (χ4v) is 4.02. The normalized spacial score (nSPS) is 14.0. The summed E-state index contributed by atoms with van der Waals surface area (Å²) in [6.07, 6.45) is -4.71. The second-order valence-corrected chi connectivity index (χ2v) is 7.05. The van der Waals surface area contributed by atoms with Crippen LogP contribution >= 0.6 is 0 Å². The highest BCUT2D eigenvalue weighted by Crippen LogP contribution is 2.46. The van der Waals surface area contributed by atoms with Crippen molar-refractivity contribution in [3.05, 3.63) is 95.1 Å². The van der Waals surface area contributed by atoms with Gasteiger partial charge in [0.15, 0.2) is 0 Å². The minimum Gasteiger partial charge on any atom is -0.368 e. The molecular formula is C23H17F3N2O2. The number of nitrogens with two attached hydrogens (primary N) is 1. The van der Waals surface area contributed by atoms with E-state index in [2.05, 4.69) is 5.32 Å². The number of halogens is 3. The Hall–Kier alpha value is -3.61. The molecule has 0 saturated carbocycles. The summed E-state index contributed by atoms with van der Waals surface area (Å²) < 4.78 is 40.0. The first-order valence-electron chi connectivity index (χ1n) is 9.23. The molecule has 1 atom stereocenters. The van der Waals surface area contributed by atoms with Gasteiger partial charge in [0.2, 0.25) is 5.91 Å². The molecule has 152 valence electrons. The van der Waals surface area contributed by atoms with Gasteiger partial charge in [0, 0.05) is 5.92 Å². The van der Waals surface area contributed by atoms with E-state index in [1.807, 2.05) is 36.4 Å². The van der Waals surface area contributed by atoms with Gasteiger partial charge in [-0.3, -0.25) is 9.59 Å². The first-order chi connectivity index (χ1) is 14.3. The number of carbonyl (C=O) groups excluding carboxylic acids is 2. The van der Waals surface area contributed by atoms with Gasteiger partial charge in [-0.1, -0.05) is 60.7 Å². The van der Waals surface area contributed by atoms with Crippen LogP contribution in [0.1, 0.15) is 33.0 Å². The van der Waals surface area contributed by atoms with Crippen molar-refractivity contribution >= 4 is 11.8 Å². The molecule has 0 spiro atoms. The SMILES string of the molecule is NC(=O)[C@H](NC(=O)c1ccccc1C(F)(F)F)C1c2ccccc2-c2ccccc21. The van der Waals surface area contributed by atoms with Crippen LogP contribution in [0.25, 0.3) is 11.1 Å². The number of carbonyl (C=O) groups is 2. The number of benzene rings is 3. The van der Waals surface area contributed by atoms with Crippen LogP contribution in [0.3, 0.4) is 0 Å². The Labute approximate surface area is 170 Å². The topological polar surface area (TPSA) is 72.2 Å². The predicted octanol–water partition coefficient (Wildman–Crippen LogP) is 4.10. The Bertz CT molecular complexity index is 1100. The molecule has 3 aromatic carbocycles. The molecular weight excluding hydrogens is 393 g/mol. The minimum absolute atomic E-state index is 0.559. The fourth-order valence-electron chi connectivity index (χ4n) is 4.02. The van der Waals surface area contributed by atoms with Crippen molar-refractivity contribution in [2.24, 2.45) is 5.73 Å². The van der Waals surface area contributed by atoms with Crippen molar-refractivity contribution in [3.8, 4) is 11.1 Å². The summed E-state index contributed by atoms with van der Waals surface area (Å²) in [5, 5.41) is 2.46. The smallest absolute Gasteiger partial charge is 0.368 e. The van der Waals surface area contributed by atoms with Gasteiger partial charge in [0.05, 0.1) is 11.1 Å². The molecule has 0 fully saturated rings. The Morgan fingerprint density at radius 1 is 0.833 bits per heavy atom. The van der Waals surface area contributed by atoms with E-state index >= 15 is 0 Å². The van der Waals surface area contributed by atoms with E-state index in [1.54, 1.807) is 12.1 Å². The largest absolute Gasteiger partial charge is 0.417 e. The number of amides is 2. The van der Waals surface area contributed by atoms with E-state index in [1.165, 1.54) is 12.1 Å². The van der Waals surface area contributed by atoms with Gasteiger partial charge in [-0.25, -0.2) is 0 Å². The number of hydrogen-bond donors (Lipinski definition) is 2. The first kappa shape index (κ1) is 19.7. The molecule has 30 heavy (non-hydrogen) atoms. The standard InChI is InChI=1S/C23H17F3N2O2/c24-23(25,26)18-12-6-5-11-17(18)22(30)28-20(21(27)29)19-15-9-3-1-7-13(15)14-8-2-4-10-16(14)19/h1-12,19-20H,(H2,27,29)(H,28,30)/t20-/m1/s1. The lowest BCUT2D eigenvalue weighted by molar-refractivity contribution is -0.137. The van der Waals surface area contributed by atoms with Crippen LogP contribution in [-0.4, -0.2) is 17.9 Å². The lowest BCUT2D eigenvalue weighted by Gasteiger charge is -2.24. The Morgan fingerprint density at radius 3 is 1.87 bits per heavy atom. The maximum atomic E-state index is 13.3. The van der Waals surface area contributed by atoms with E-state index in [4.69, 9.17) is 5.73 Å². The number of nitrogens with one attached hydrogen (secondary N) is 1. The zero-order valence-electron chi connectivity index (χ0n) is 15.6. The molecule has 4 nitrogen and oxygen atoms in total. The number of rotatable bonds is 4. The van der Waals surface area contributed by atoms with Gasteiger partial charge in [-0.05, 0) is 34.4 Å².